The minimum Gasteiger partial charge on any atom is -0.444 e. The van der Waals surface area contributed by atoms with E-state index < -0.39 is 6.09 Å². The highest BCUT2D eigenvalue weighted by Crippen LogP contribution is 2.30. The Morgan fingerprint density at radius 2 is 1.81 bits per heavy atom. The predicted octanol–water partition coefficient (Wildman–Crippen LogP) is 4.96. The van der Waals surface area contributed by atoms with Gasteiger partial charge in [0.1, 0.15) is 6.61 Å². The second-order valence-corrected chi connectivity index (χ2v) is 5.85. The van der Waals surface area contributed by atoms with E-state index in [2.05, 4.69) is 24.4 Å². The van der Waals surface area contributed by atoms with E-state index in [0.717, 1.165) is 10.6 Å². The van der Waals surface area contributed by atoms with Crippen molar-refractivity contribution in [1.82, 2.24) is 0 Å². The van der Waals surface area contributed by atoms with Crippen LogP contribution in [-0.2, 0) is 11.3 Å². The molecule has 21 heavy (non-hydrogen) atoms. The quantitative estimate of drug-likeness (QED) is 0.742. The molecule has 2 aromatic carbocycles. The zero-order chi connectivity index (χ0) is 14.7. The van der Waals surface area contributed by atoms with Gasteiger partial charge in [0.15, 0.2) is 0 Å². The van der Waals surface area contributed by atoms with Crippen LogP contribution in [0.25, 0.3) is 10.1 Å². The van der Waals surface area contributed by atoms with Crippen molar-refractivity contribution in [3.8, 4) is 0 Å². The third-order valence-corrected chi connectivity index (χ3v) is 4.54. The van der Waals surface area contributed by atoms with Crippen LogP contribution in [0.3, 0.4) is 0 Å². The highest BCUT2D eigenvalue weighted by atomic mass is 32.1. The lowest BCUT2D eigenvalue weighted by molar-refractivity contribution is 0.156. The SMILES string of the molecule is Cc1c(COC(=O)Nc2ccccc2)sc2ccccc12. The highest BCUT2D eigenvalue weighted by molar-refractivity contribution is 7.19. The van der Waals surface area contributed by atoms with Crippen molar-refractivity contribution in [3.05, 3.63) is 65.0 Å². The third-order valence-electron chi connectivity index (χ3n) is 3.30. The first-order valence-corrected chi connectivity index (χ1v) is 7.51. The molecule has 0 aliphatic heterocycles. The molecular weight excluding hydrogens is 282 g/mol. The monoisotopic (exact) mass is 297 g/mol. The Morgan fingerprint density at radius 1 is 1.10 bits per heavy atom. The van der Waals surface area contributed by atoms with Gasteiger partial charge in [0.05, 0.1) is 0 Å². The van der Waals surface area contributed by atoms with Crippen LogP contribution in [0.15, 0.2) is 54.6 Å². The maximum atomic E-state index is 11.8. The number of ether oxygens (including phenoxy) is 1. The van der Waals surface area contributed by atoms with Gasteiger partial charge in [-0.15, -0.1) is 11.3 Å². The molecule has 0 aliphatic carbocycles. The van der Waals surface area contributed by atoms with Gasteiger partial charge in [-0.05, 0) is 36.1 Å². The minimum absolute atomic E-state index is 0.295. The largest absolute Gasteiger partial charge is 0.444 e. The molecule has 0 fully saturated rings. The smallest absolute Gasteiger partial charge is 0.411 e. The molecule has 1 aromatic heterocycles. The van der Waals surface area contributed by atoms with Crippen LogP contribution in [0.1, 0.15) is 10.4 Å². The number of hydrogen-bond acceptors (Lipinski definition) is 3. The minimum atomic E-state index is -0.432. The number of para-hydroxylation sites is 1. The van der Waals surface area contributed by atoms with Crippen LogP contribution >= 0.6 is 11.3 Å². The zero-order valence-electron chi connectivity index (χ0n) is 11.6. The Kier molecular flexibility index (Phi) is 3.88. The first-order chi connectivity index (χ1) is 10.2. The van der Waals surface area contributed by atoms with E-state index in [-0.39, 0.29) is 0 Å². The molecule has 0 saturated carbocycles. The molecule has 0 radical (unpaired) electrons. The molecule has 1 N–H and O–H groups in total. The van der Waals surface area contributed by atoms with Crippen molar-refractivity contribution < 1.29 is 9.53 Å². The maximum Gasteiger partial charge on any atom is 0.411 e. The van der Waals surface area contributed by atoms with Gasteiger partial charge in [-0.3, -0.25) is 5.32 Å². The van der Waals surface area contributed by atoms with E-state index in [9.17, 15) is 4.79 Å². The van der Waals surface area contributed by atoms with Crippen molar-refractivity contribution in [3.63, 3.8) is 0 Å². The van der Waals surface area contributed by atoms with Gasteiger partial charge in [-0.1, -0.05) is 36.4 Å². The number of hydrogen-bond donors (Lipinski definition) is 1. The van der Waals surface area contributed by atoms with Crippen LogP contribution < -0.4 is 5.32 Å². The second-order valence-electron chi connectivity index (χ2n) is 4.71. The van der Waals surface area contributed by atoms with Crippen molar-refractivity contribution in [2.24, 2.45) is 0 Å². The summed E-state index contributed by atoms with van der Waals surface area (Å²) in [5.74, 6) is 0. The van der Waals surface area contributed by atoms with Crippen LogP contribution in [-0.4, -0.2) is 6.09 Å². The lowest BCUT2D eigenvalue weighted by Crippen LogP contribution is -2.13. The van der Waals surface area contributed by atoms with E-state index in [0.29, 0.717) is 6.61 Å². The van der Waals surface area contributed by atoms with Crippen LogP contribution in [0.5, 0.6) is 0 Å². The maximum absolute atomic E-state index is 11.8. The van der Waals surface area contributed by atoms with Gasteiger partial charge in [0.25, 0.3) is 0 Å². The van der Waals surface area contributed by atoms with Crippen molar-refractivity contribution in [1.29, 1.82) is 0 Å². The lowest BCUT2D eigenvalue weighted by Gasteiger charge is -2.06. The molecule has 3 aromatic rings. The number of anilines is 1. The number of rotatable bonds is 3. The average molecular weight is 297 g/mol. The average Bonchev–Trinajstić information content (AvgIpc) is 2.83. The number of carbonyl (C=O) groups excluding carboxylic acids is 1. The third kappa shape index (κ3) is 3.06. The summed E-state index contributed by atoms with van der Waals surface area (Å²) < 4.78 is 6.52. The molecule has 106 valence electrons. The molecule has 3 rings (SSSR count). The summed E-state index contributed by atoms with van der Waals surface area (Å²) in [6.07, 6.45) is -0.432. The molecule has 0 saturated heterocycles. The van der Waals surface area contributed by atoms with Crippen LogP contribution in [0, 0.1) is 6.92 Å². The predicted molar refractivity (Wildman–Crippen MR) is 86.8 cm³/mol. The zero-order valence-corrected chi connectivity index (χ0v) is 12.4. The highest BCUT2D eigenvalue weighted by Gasteiger charge is 2.10. The van der Waals surface area contributed by atoms with Gasteiger partial charge >= 0.3 is 6.09 Å². The number of fused-ring (bicyclic) bond motifs is 1. The topological polar surface area (TPSA) is 38.3 Å². The standard InChI is InChI=1S/C17H15NO2S/c1-12-14-9-5-6-10-15(14)21-16(12)11-20-17(19)18-13-7-3-2-4-8-13/h2-10H,11H2,1H3,(H,18,19). The molecule has 0 unspecified atom stereocenters. The normalized spacial score (nSPS) is 10.5. The molecule has 4 heteroatoms. The lowest BCUT2D eigenvalue weighted by atomic mass is 10.1. The van der Waals surface area contributed by atoms with Crippen molar-refractivity contribution >= 4 is 33.2 Å². The fraction of sp³-hybridized carbons (Fsp3) is 0.118. The molecule has 3 nitrogen and oxygen atoms in total. The summed E-state index contributed by atoms with van der Waals surface area (Å²) in [4.78, 5) is 12.9. The fourth-order valence-electron chi connectivity index (χ4n) is 2.17. The first kappa shape index (κ1) is 13.6. The van der Waals surface area contributed by atoms with Gasteiger partial charge in [-0.25, -0.2) is 4.79 Å². The Morgan fingerprint density at radius 3 is 2.57 bits per heavy atom. The van der Waals surface area contributed by atoms with E-state index >= 15 is 0 Å². The second kappa shape index (κ2) is 5.97. The number of amides is 1. The molecule has 1 heterocycles. The van der Waals surface area contributed by atoms with Gasteiger partial charge in [0, 0.05) is 15.3 Å². The number of nitrogens with one attached hydrogen (secondary N) is 1. The van der Waals surface area contributed by atoms with E-state index in [1.807, 2.05) is 42.5 Å². The van der Waals surface area contributed by atoms with Crippen molar-refractivity contribution in [2.75, 3.05) is 5.32 Å². The summed E-state index contributed by atoms with van der Waals surface area (Å²) >= 11 is 1.67. The molecular formula is C17H15NO2S. The number of carbonyl (C=O) groups is 1. The van der Waals surface area contributed by atoms with Gasteiger partial charge in [-0.2, -0.15) is 0 Å². The first-order valence-electron chi connectivity index (χ1n) is 6.70. The fourth-order valence-corrected chi connectivity index (χ4v) is 3.29. The molecule has 0 aliphatic rings. The van der Waals surface area contributed by atoms with Gasteiger partial charge in [0.2, 0.25) is 0 Å². The number of thiophene rings is 1. The number of benzene rings is 2. The Bertz CT molecular complexity index is 765. The van der Waals surface area contributed by atoms with E-state index in [4.69, 9.17) is 4.74 Å². The Labute approximate surface area is 127 Å². The Hall–Kier alpha value is -2.33. The summed E-state index contributed by atoms with van der Waals surface area (Å²) in [5.41, 5.74) is 1.92. The number of aryl methyl sites for hydroxylation is 1. The summed E-state index contributed by atoms with van der Waals surface area (Å²) in [5, 5.41) is 3.94. The van der Waals surface area contributed by atoms with E-state index in [1.54, 1.807) is 11.3 Å². The Balaban J connectivity index is 1.66. The summed E-state index contributed by atoms with van der Waals surface area (Å²) in [6, 6.07) is 17.5. The van der Waals surface area contributed by atoms with Crippen LogP contribution in [0.4, 0.5) is 10.5 Å². The molecule has 0 bridgehead atoms. The molecule has 0 spiro atoms. The summed E-state index contributed by atoms with van der Waals surface area (Å²) in [7, 11) is 0. The van der Waals surface area contributed by atoms with Crippen LogP contribution in [0.2, 0.25) is 0 Å². The van der Waals surface area contributed by atoms with Crippen molar-refractivity contribution in [2.45, 2.75) is 13.5 Å². The van der Waals surface area contributed by atoms with Gasteiger partial charge < -0.3 is 4.74 Å². The van der Waals surface area contributed by atoms with E-state index in [1.165, 1.54) is 15.6 Å². The molecule has 1 amide bonds. The molecule has 0 atom stereocenters. The summed E-state index contributed by atoms with van der Waals surface area (Å²) in [6.45, 7) is 2.36.